The zero-order valence-electron chi connectivity index (χ0n) is 20.3. The van der Waals surface area contributed by atoms with Crippen LogP contribution in [0.4, 0.5) is 5.69 Å². The molecule has 2 aromatic carbocycles. The lowest BCUT2D eigenvalue weighted by Gasteiger charge is -2.22. The van der Waals surface area contributed by atoms with E-state index in [1.807, 2.05) is 53.7 Å². The van der Waals surface area contributed by atoms with Gasteiger partial charge in [0.15, 0.2) is 0 Å². The Morgan fingerprint density at radius 3 is 2.80 bits per heavy atom. The first-order valence-electron chi connectivity index (χ1n) is 12.5. The standard InChI is InChI=1S/C30H32N4O/c1-22-11-12-24(18-29(22)33-21-27-9-4-5-14-32-27)30(35)34-15-6-7-23(13-16-34)17-26-20-31-19-25-8-2-3-10-28(25)26/h2-5,8-12,14,18-20,23,33H,6-7,13,15-17,21H2,1H3. The SMILES string of the molecule is Cc1ccc(C(=O)N2CCCC(Cc3cncc4ccccc34)CC2)cc1NCc1ccccn1. The van der Waals surface area contributed by atoms with Gasteiger partial charge in [-0.05, 0) is 79.3 Å². The number of nitrogens with zero attached hydrogens (tertiary/aromatic N) is 3. The number of nitrogens with one attached hydrogen (secondary N) is 1. The summed E-state index contributed by atoms with van der Waals surface area (Å²) < 4.78 is 0. The summed E-state index contributed by atoms with van der Waals surface area (Å²) in [6.07, 6.45) is 9.96. The van der Waals surface area contributed by atoms with Gasteiger partial charge in [-0.25, -0.2) is 0 Å². The van der Waals surface area contributed by atoms with Crippen LogP contribution in [0.5, 0.6) is 0 Å². The van der Waals surface area contributed by atoms with Crippen LogP contribution in [0.3, 0.4) is 0 Å². The number of aryl methyl sites for hydroxylation is 1. The van der Waals surface area contributed by atoms with Crippen molar-refractivity contribution in [3.05, 3.63) is 102 Å². The Hall–Kier alpha value is -3.73. The van der Waals surface area contributed by atoms with Crippen molar-refractivity contribution in [2.75, 3.05) is 18.4 Å². The summed E-state index contributed by atoms with van der Waals surface area (Å²) in [5.74, 6) is 0.687. The summed E-state index contributed by atoms with van der Waals surface area (Å²) in [6.45, 7) is 4.31. The number of likely N-dealkylation sites (tertiary alicyclic amines) is 1. The molecule has 1 aliphatic heterocycles. The molecule has 1 fully saturated rings. The molecule has 0 radical (unpaired) electrons. The predicted octanol–water partition coefficient (Wildman–Crippen LogP) is 6.04. The molecule has 1 atom stereocenters. The van der Waals surface area contributed by atoms with Crippen molar-refractivity contribution in [1.29, 1.82) is 0 Å². The Bertz CT molecular complexity index is 1300. The molecule has 1 unspecified atom stereocenters. The van der Waals surface area contributed by atoms with Crippen molar-refractivity contribution >= 4 is 22.4 Å². The van der Waals surface area contributed by atoms with Crippen LogP contribution in [0, 0.1) is 12.8 Å². The first-order valence-corrected chi connectivity index (χ1v) is 12.5. The fourth-order valence-electron chi connectivity index (χ4n) is 5.04. The molecule has 1 aliphatic rings. The normalized spacial score (nSPS) is 16.1. The minimum atomic E-state index is 0.123. The van der Waals surface area contributed by atoms with Gasteiger partial charge in [0.25, 0.3) is 5.91 Å². The van der Waals surface area contributed by atoms with Crippen molar-refractivity contribution < 1.29 is 4.79 Å². The zero-order chi connectivity index (χ0) is 24.0. The number of carbonyl (C=O) groups is 1. The second-order valence-electron chi connectivity index (χ2n) is 9.52. The number of fused-ring (bicyclic) bond motifs is 1. The predicted molar refractivity (Wildman–Crippen MR) is 141 cm³/mol. The first kappa shape index (κ1) is 23.0. The van der Waals surface area contributed by atoms with E-state index in [2.05, 4.69) is 46.5 Å². The van der Waals surface area contributed by atoms with E-state index in [-0.39, 0.29) is 5.91 Å². The van der Waals surface area contributed by atoms with Gasteiger partial charge in [-0.2, -0.15) is 0 Å². The molecule has 5 nitrogen and oxygen atoms in total. The van der Waals surface area contributed by atoms with E-state index in [1.54, 1.807) is 6.20 Å². The van der Waals surface area contributed by atoms with Crippen molar-refractivity contribution in [2.45, 2.75) is 39.2 Å². The molecule has 0 aliphatic carbocycles. The molecule has 0 spiro atoms. The van der Waals surface area contributed by atoms with Crippen LogP contribution in [0.15, 0.2) is 79.3 Å². The van der Waals surface area contributed by atoms with Gasteiger partial charge in [-0.3, -0.25) is 14.8 Å². The lowest BCUT2D eigenvalue weighted by Crippen LogP contribution is -2.32. The number of hydrogen-bond acceptors (Lipinski definition) is 4. The highest BCUT2D eigenvalue weighted by Gasteiger charge is 2.23. The minimum absolute atomic E-state index is 0.123. The third-order valence-corrected chi connectivity index (χ3v) is 7.06. The Morgan fingerprint density at radius 1 is 1.03 bits per heavy atom. The van der Waals surface area contributed by atoms with Crippen LogP contribution in [0.25, 0.3) is 10.8 Å². The third kappa shape index (κ3) is 5.51. The maximum absolute atomic E-state index is 13.4. The number of benzene rings is 2. The molecule has 178 valence electrons. The van der Waals surface area contributed by atoms with E-state index in [0.717, 1.165) is 61.3 Å². The molecule has 1 saturated heterocycles. The fourth-order valence-corrected chi connectivity index (χ4v) is 5.04. The summed E-state index contributed by atoms with van der Waals surface area (Å²) in [4.78, 5) is 24.3. The molecule has 0 saturated carbocycles. The van der Waals surface area contributed by atoms with Crippen molar-refractivity contribution in [2.24, 2.45) is 5.92 Å². The van der Waals surface area contributed by atoms with E-state index >= 15 is 0 Å². The highest BCUT2D eigenvalue weighted by Crippen LogP contribution is 2.27. The molecule has 1 amide bonds. The van der Waals surface area contributed by atoms with Gasteiger partial charge >= 0.3 is 0 Å². The summed E-state index contributed by atoms with van der Waals surface area (Å²) in [5.41, 5.74) is 5.14. The molecule has 1 N–H and O–H groups in total. The van der Waals surface area contributed by atoms with Crippen LogP contribution < -0.4 is 5.32 Å². The summed E-state index contributed by atoms with van der Waals surface area (Å²) >= 11 is 0. The lowest BCUT2D eigenvalue weighted by molar-refractivity contribution is 0.0760. The largest absolute Gasteiger partial charge is 0.379 e. The van der Waals surface area contributed by atoms with Crippen LogP contribution in [0.2, 0.25) is 0 Å². The Kier molecular flexibility index (Phi) is 7.03. The molecular weight excluding hydrogens is 432 g/mol. The second kappa shape index (κ2) is 10.7. The Morgan fingerprint density at radius 2 is 1.91 bits per heavy atom. The molecule has 4 aromatic rings. The number of aromatic nitrogens is 2. The third-order valence-electron chi connectivity index (χ3n) is 7.06. The van der Waals surface area contributed by atoms with Gasteiger partial charge in [0.1, 0.15) is 0 Å². The monoisotopic (exact) mass is 464 g/mol. The minimum Gasteiger partial charge on any atom is -0.379 e. The van der Waals surface area contributed by atoms with Gasteiger partial charge in [-0.1, -0.05) is 36.4 Å². The van der Waals surface area contributed by atoms with Crippen LogP contribution in [-0.2, 0) is 13.0 Å². The topological polar surface area (TPSA) is 58.1 Å². The number of amides is 1. The van der Waals surface area contributed by atoms with Crippen LogP contribution in [-0.4, -0.2) is 33.9 Å². The highest BCUT2D eigenvalue weighted by molar-refractivity contribution is 5.95. The lowest BCUT2D eigenvalue weighted by atomic mass is 9.91. The maximum atomic E-state index is 13.4. The highest BCUT2D eigenvalue weighted by atomic mass is 16.2. The Labute approximate surface area is 207 Å². The van der Waals surface area contributed by atoms with Gasteiger partial charge in [0.2, 0.25) is 0 Å². The van der Waals surface area contributed by atoms with E-state index < -0.39 is 0 Å². The van der Waals surface area contributed by atoms with Gasteiger partial charge in [0, 0.05) is 48.3 Å². The van der Waals surface area contributed by atoms with Crippen molar-refractivity contribution in [1.82, 2.24) is 14.9 Å². The quantitative estimate of drug-likeness (QED) is 0.378. The molecule has 2 aromatic heterocycles. The van der Waals surface area contributed by atoms with E-state index in [9.17, 15) is 4.79 Å². The molecule has 5 rings (SSSR count). The number of hydrogen-bond donors (Lipinski definition) is 1. The van der Waals surface area contributed by atoms with Crippen molar-refractivity contribution in [3.8, 4) is 0 Å². The second-order valence-corrected chi connectivity index (χ2v) is 9.52. The average molecular weight is 465 g/mol. The fraction of sp³-hybridized carbons (Fsp3) is 0.300. The van der Waals surface area contributed by atoms with Gasteiger partial charge < -0.3 is 10.2 Å². The average Bonchev–Trinajstić information content (AvgIpc) is 3.14. The van der Waals surface area contributed by atoms with E-state index in [0.29, 0.717) is 12.5 Å². The number of carbonyl (C=O) groups excluding carboxylic acids is 1. The number of pyridine rings is 2. The zero-order valence-corrected chi connectivity index (χ0v) is 20.3. The first-order chi connectivity index (χ1) is 17.2. The summed E-state index contributed by atoms with van der Waals surface area (Å²) in [7, 11) is 0. The van der Waals surface area contributed by atoms with Crippen LogP contribution in [0.1, 0.15) is 46.4 Å². The van der Waals surface area contributed by atoms with E-state index in [4.69, 9.17) is 0 Å². The maximum Gasteiger partial charge on any atom is 0.253 e. The van der Waals surface area contributed by atoms with Gasteiger partial charge in [-0.15, -0.1) is 0 Å². The Balaban J connectivity index is 1.23. The molecule has 3 heterocycles. The number of anilines is 1. The number of rotatable bonds is 6. The van der Waals surface area contributed by atoms with Crippen LogP contribution >= 0.6 is 0 Å². The molecule has 0 bridgehead atoms. The summed E-state index contributed by atoms with van der Waals surface area (Å²) in [5, 5.41) is 5.94. The van der Waals surface area contributed by atoms with E-state index in [1.165, 1.54) is 16.3 Å². The van der Waals surface area contributed by atoms with Crippen molar-refractivity contribution in [3.63, 3.8) is 0 Å². The summed E-state index contributed by atoms with van der Waals surface area (Å²) in [6, 6.07) is 20.4. The molecular formula is C30H32N4O. The molecule has 5 heteroatoms. The van der Waals surface area contributed by atoms with Gasteiger partial charge in [0.05, 0.1) is 12.2 Å². The molecule has 35 heavy (non-hydrogen) atoms. The smallest absolute Gasteiger partial charge is 0.253 e.